The molecule has 0 bridgehead atoms. The van der Waals surface area contributed by atoms with Crippen molar-refractivity contribution < 1.29 is 9.53 Å². The zero-order valence-corrected chi connectivity index (χ0v) is 12.1. The molecule has 1 amide bonds. The van der Waals surface area contributed by atoms with Gasteiger partial charge in [0.25, 0.3) is 0 Å². The first kappa shape index (κ1) is 13.7. The van der Waals surface area contributed by atoms with Crippen molar-refractivity contribution in [2.24, 2.45) is 7.05 Å². The molecule has 0 fully saturated rings. The lowest BCUT2D eigenvalue weighted by molar-refractivity contribution is 0.186. The van der Waals surface area contributed by atoms with E-state index in [1.54, 1.807) is 0 Å². The number of carbonyl (C=O) groups is 1. The summed E-state index contributed by atoms with van der Waals surface area (Å²) < 4.78 is 6.41. The molecule has 0 aliphatic heterocycles. The Morgan fingerprint density at radius 1 is 1.53 bits per heavy atom. The van der Waals surface area contributed by atoms with Gasteiger partial charge in [0.1, 0.15) is 0 Å². The van der Waals surface area contributed by atoms with Crippen LogP contribution in [0.15, 0.2) is 23.1 Å². The van der Waals surface area contributed by atoms with Crippen molar-refractivity contribution in [2.45, 2.75) is 18.2 Å². The number of hydrogen-bond acceptors (Lipinski definition) is 4. The molecule has 102 valence electrons. The lowest BCUT2D eigenvalue weighted by Crippen LogP contribution is -2.14. The number of amides is 1. The van der Waals surface area contributed by atoms with Crippen LogP contribution < -0.4 is 5.32 Å². The number of aromatic nitrogens is 2. The number of anilines is 1. The van der Waals surface area contributed by atoms with E-state index < -0.39 is 6.09 Å². The number of methoxy groups -OCH3 is 1. The molecular weight excluding hydrogens is 262 g/mol. The Bertz CT molecular complexity index is 595. The van der Waals surface area contributed by atoms with Crippen molar-refractivity contribution in [3.05, 3.63) is 18.2 Å². The highest BCUT2D eigenvalue weighted by atomic mass is 32.2. The topological polar surface area (TPSA) is 56.1 Å². The first-order chi connectivity index (χ1) is 9.15. The third kappa shape index (κ3) is 3.01. The van der Waals surface area contributed by atoms with Crippen LogP contribution >= 0.6 is 11.8 Å². The molecule has 5 nitrogen and oxygen atoms in total. The Hall–Kier alpha value is -1.69. The van der Waals surface area contributed by atoms with E-state index in [0.717, 1.165) is 23.2 Å². The molecule has 19 heavy (non-hydrogen) atoms. The Kier molecular flexibility index (Phi) is 4.31. The fourth-order valence-electron chi connectivity index (χ4n) is 1.74. The number of fused-ring (bicyclic) bond motifs is 1. The van der Waals surface area contributed by atoms with Crippen LogP contribution in [0.25, 0.3) is 11.0 Å². The molecule has 0 aliphatic carbocycles. The van der Waals surface area contributed by atoms with Gasteiger partial charge in [0.15, 0.2) is 0 Å². The van der Waals surface area contributed by atoms with Gasteiger partial charge in [-0.2, -0.15) is 0 Å². The standard InChI is InChI=1S/C13H17N3O2S/c1-4-7-19-9-5-6-11-10(8-9)14-12(16(11)2)15-13(17)18-3/h5-6,8H,4,7H2,1-3H3,(H,14,15,17). The minimum atomic E-state index is -0.515. The van der Waals surface area contributed by atoms with E-state index in [2.05, 4.69) is 28.0 Å². The number of hydrogen-bond donors (Lipinski definition) is 1. The summed E-state index contributed by atoms with van der Waals surface area (Å²) >= 11 is 1.81. The molecule has 1 N–H and O–H groups in total. The van der Waals surface area contributed by atoms with Gasteiger partial charge in [0.2, 0.25) is 5.95 Å². The largest absolute Gasteiger partial charge is 0.453 e. The maximum Gasteiger partial charge on any atom is 0.413 e. The smallest absolute Gasteiger partial charge is 0.413 e. The Balaban J connectivity index is 2.31. The van der Waals surface area contributed by atoms with Gasteiger partial charge in [-0.1, -0.05) is 6.92 Å². The number of ether oxygens (including phenoxy) is 1. The zero-order valence-electron chi connectivity index (χ0n) is 11.3. The quantitative estimate of drug-likeness (QED) is 0.873. The van der Waals surface area contributed by atoms with Crippen molar-refractivity contribution >= 4 is 34.8 Å². The van der Waals surface area contributed by atoms with E-state index in [0.29, 0.717) is 5.95 Å². The van der Waals surface area contributed by atoms with Crippen LogP contribution in [-0.4, -0.2) is 28.5 Å². The number of aryl methyl sites for hydroxylation is 1. The number of imidazole rings is 1. The molecule has 2 rings (SSSR count). The van der Waals surface area contributed by atoms with E-state index >= 15 is 0 Å². The second-order valence-electron chi connectivity index (χ2n) is 4.11. The SMILES string of the molecule is CCCSc1ccc2c(c1)nc(NC(=O)OC)n2C. The average Bonchev–Trinajstić information content (AvgIpc) is 2.72. The van der Waals surface area contributed by atoms with Crippen molar-refractivity contribution in [3.8, 4) is 0 Å². The maximum atomic E-state index is 11.2. The van der Waals surface area contributed by atoms with Gasteiger partial charge >= 0.3 is 6.09 Å². The zero-order chi connectivity index (χ0) is 13.8. The number of carbonyl (C=O) groups excluding carboxylic acids is 1. The van der Waals surface area contributed by atoms with E-state index in [1.807, 2.05) is 35.5 Å². The highest BCUT2D eigenvalue weighted by Gasteiger charge is 2.11. The highest BCUT2D eigenvalue weighted by Crippen LogP contribution is 2.25. The van der Waals surface area contributed by atoms with Crippen LogP contribution in [0.4, 0.5) is 10.7 Å². The van der Waals surface area contributed by atoms with E-state index in [9.17, 15) is 4.79 Å². The van der Waals surface area contributed by atoms with Crippen LogP contribution in [0.3, 0.4) is 0 Å². The molecule has 0 saturated heterocycles. The van der Waals surface area contributed by atoms with Crippen molar-refractivity contribution in [2.75, 3.05) is 18.2 Å². The number of rotatable bonds is 4. The monoisotopic (exact) mass is 279 g/mol. The molecule has 2 aromatic rings. The number of nitrogens with zero attached hydrogens (tertiary/aromatic N) is 2. The normalized spacial score (nSPS) is 10.7. The predicted molar refractivity (Wildman–Crippen MR) is 77.8 cm³/mol. The summed E-state index contributed by atoms with van der Waals surface area (Å²) in [5.41, 5.74) is 1.85. The Morgan fingerprint density at radius 3 is 3.00 bits per heavy atom. The molecule has 1 heterocycles. The first-order valence-corrected chi connectivity index (χ1v) is 7.08. The molecule has 0 spiro atoms. The van der Waals surface area contributed by atoms with E-state index in [-0.39, 0.29) is 0 Å². The summed E-state index contributed by atoms with van der Waals surface area (Å²) in [5, 5.41) is 2.60. The molecule has 0 atom stereocenters. The summed E-state index contributed by atoms with van der Waals surface area (Å²) in [5.74, 6) is 1.57. The molecule has 0 radical (unpaired) electrons. The van der Waals surface area contributed by atoms with Gasteiger partial charge in [-0.15, -0.1) is 11.8 Å². The molecular formula is C13H17N3O2S. The highest BCUT2D eigenvalue weighted by molar-refractivity contribution is 7.99. The minimum Gasteiger partial charge on any atom is -0.453 e. The van der Waals surface area contributed by atoms with E-state index in [1.165, 1.54) is 12.0 Å². The molecule has 1 aromatic heterocycles. The average molecular weight is 279 g/mol. The van der Waals surface area contributed by atoms with Gasteiger partial charge in [-0.3, -0.25) is 5.32 Å². The van der Waals surface area contributed by atoms with Crippen LogP contribution in [0.5, 0.6) is 0 Å². The predicted octanol–water partition coefficient (Wildman–Crippen LogP) is 3.25. The van der Waals surface area contributed by atoms with Gasteiger partial charge in [-0.25, -0.2) is 9.78 Å². The van der Waals surface area contributed by atoms with Crippen LogP contribution in [0.1, 0.15) is 13.3 Å². The minimum absolute atomic E-state index is 0.486. The summed E-state index contributed by atoms with van der Waals surface area (Å²) in [6.45, 7) is 2.16. The van der Waals surface area contributed by atoms with E-state index in [4.69, 9.17) is 0 Å². The third-order valence-electron chi connectivity index (χ3n) is 2.72. The lowest BCUT2D eigenvalue weighted by Gasteiger charge is -2.03. The summed E-state index contributed by atoms with van der Waals surface area (Å²) in [4.78, 5) is 16.8. The van der Waals surface area contributed by atoms with Crippen LogP contribution in [0.2, 0.25) is 0 Å². The summed E-state index contributed by atoms with van der Waals surface area (Å²) in [6.07, 6.45) is 0.624. The molecule has 0 saturated carbocycles. The molecule has 0 aliphatic rings. The van der Waals surface area contributed by atoms with Gasteiger partial charge in [0.05, 0.1) is 18.1 Å². The van der Waals surface area contributed by atoms with Gasteiger partial charge in [0, 0.05) is 11.9 Å². The first-order valence-electron chi connectivity index (χ1n) is 6.10. The fourth-order valence-corrected chi connectivity index (χ4v) is 2.54. The third-order valence-corrected chi connectivity index (χ3v) is 3.92. The second-order valence-corrected chi connectivity index (χ2v) is 5.28. The number of nitrogens with one attached hydrogen (secondary N) is 1. The van der Waals surface area contributed by atoms with Crippen LogP contribution in [0, 0.1) is 0 Å². The fraction of sp³-hybridized carbons (Fsp3) is 0.385. The molecule has 0 unspecified atom stereocenters. The van der Waals surface area contributed by atoms with Crippen LogP contribution in [-0.2, 0) is 11.8 Å². The maximum absolute atomic E-state index is 11.2. The molecule has 6 heteroatoms. The Labute approximate surface area is 116 Å². The Morgan fingerprint density at radius 2 is 2.32 bits per heavy atom. The van der Waals surface area contributed by atoms with Crippen molar-refractivity contribution in [1.29, 1.82) is 0 Å². The lowest BCUT2D eigenvalue weighted by atomic mass is 10.3. The second kappa shape index (κ2) is 5.97. The van der Waals surface area contributed by atoms with Crippen molar-refractivity contribution in [1.82, 2.24) is 9.55 Å². The summed E-state index contributed by atoms with van der Waals surface area (Å²) in [7, 11) is 3.19. The number of benzene rings is 1. The van der Waals surface area contributed by atoms with Gasteiger partial charge in [-0.05, 0) is 30.4 Å². The van der Waals surface area contributed by atoms with Gasteiger partial charge < -0.3 is 9.30 Å². The molecule has 1 aromatic carbocycles. The summed E-state index contributed by atoms with van der Waals surface area (Å²) in [6, 6.07) is 6.13. The number of thioether (sulfide) groups is 1. The van der Waals surface area contributed by atoms with Crippen molar-refractivity contribution in [3.63, 3.8) is 0 Å².